The van der Waals surface area contributed by atoms with Crippen molar-refractivity contribution in [2.75, 3.05) is 27.9 Å². The molecule has 2 aromatic rings. The molecule has 0 fully saturated rings. The quantitative estimate of drug-likeness (QED) is 0.570. The first-order valence-corrected chi connectivity index (χ1v) is 8.49. The van der Waals surface area contributed by atoms with Gasteiger partial charge < -0.3 is 18.9 Å². The molecule has 2 rings (SSSR count). The van der Waals surface area contributed by atoms with E-state index in [2.05, 4.69) is 31.9 Å². The standard InChI is InChI=1S/C17H16Br2O5/c1-21-15-6-10(7-16(22-2)17(15)23-3)13(20)9-24-14-5-4-11(18)8-12(14)19/h4-8H,9H2,1-3H3. The molecule has 0 saturated heterocycles. The highest BCUT2D eigenvalue weighted by Crippen LogP contribution is 2.38. The van der Waals surface area contributed by atoms with Crippen molar-refractivity contribution in [3.05, 3.63) is 44.8 Å². The summed E-state index contributed by atoms with van der Waals surface area (Å²) in [6, 6.07) is 8.66. The average Bonchev–Trinajstić information content (AvgIpc) is 2.59. The van der Waals surface area contributed by atoms with Crippen LogP contribution in [0.5, 0.6) is 23.0 Å². The van der Waals surface area contributed by atoms with Gasteiger partial charge in [0.25, 0.3) is 0 Å². The lowest BCUT2D eigenvalue weighted by molar-refractivity contribution is 0.0920. The number of hydrogen-bond donors (Lipinski definition) is 0. The van der Waals surface area contributed by atoms with E-state index < -0.39 is 0 Å². The molecule has 0 aromatic heterocycles. The van der Waals surface area contributed by atoms with E-state index in [1.807, 2.05) is 12.1 Å². The number of methoxy groups -OCH3 is 3. The molecule has 2 aromatic carbocycles. The minimum Gasteiger partial charge on any atom is -0.493 e. The smallest absolute Gasteiger partial charge is 0.203 e. The van der Waals surface area contributed by atoms with E-state index in [1.165, 1.54) is 21.3 Å². The fraction of sp³-hybridized carbons (Fsp3) is 0.235. The van der Waals surface area contributed by atoms with Crippen molar-refractivity contribution in [2.45, 2.75) is 0 Å². The van der Waals surface area contributed by atoms with Gasteiger partial charge in [-0.2, -0.15) is 0 Å². The fourth-order valence-electron chi connectivity index (χ4n) is 2.06. The van der Waals surface area contributed by atoms with Gasteiger partial charge in [-0.1, -0.05) is 15.9 Å². The second-order valence-electron chi connectivity index (χ2n) is 4.70. The van der Waals surface area contributed by atoms with Crippen LogP contribution in [0.4, 0.5) is 0 Å². The van der Waals surface area contributed by atoms with Crippen LogP contribution in [0.25, 0.3) is 0 Å². The van der Waals surface area contributed by atoms with Gasteiger partial charge in [-0.3, -0.25) is 4.79 Å². The van der Waals surface area contributed by atoms with Crippen molar-refractivity contribution < 1.29 is 23.7 Å². The molecule has 0 aliphatic carbocycles. The molecule has 0 atom stereocenters. The van der Waals surface area contributed by atoms with Gasteiger partial charge in [-0.15, -0.1) is 0 Å². The van der Waals surface area contributed by atoms with Gasteiger partial charge in [0.1, 0.15) is 5.75 Å². The molecular weight excluding hydrogens is 444 g/mol. The minimum absolute atomic E-state index is 0.112. The molecule has 0 unspecified atom stereocenters. The summed E-state index contributed by atoms with van der Waals surface area (Å²) in [5.41, 5.74) is 0.415. The molecule has 0 heterocycles. The van der Waals surface area contributed by atoms with E-state index in [9.17, 15) is 4.79 Å². The number of carbonyl (C=O) groups is 1. The lowest BCUT2D eigenvalue weighted by Gasteiger charge is -2.14. The molecule has 0 radical (unpaired) electrons. The Morgan fingerprint density at radius 1 is 0.917 bits per heavy atom. The van der Waals surface area contributed by atoms with Gasteiger partial charge in [0.2, 0.25) is 5.75 Å². The molecule has 128 valence electrons. The Morgan fingerprint density at radius 3 is 2.04 bits per heavy atom. The van der Waals surface area contributed by atoms with E-state index in [4.69, 9.17) is 18.9 Å². The maximum Gasteiger partial charge on any atom is 0.203 e. The van der Waals surface area contributed by atoms with E-state index in [0.717, 1.165) is 8.95 Å². The highest BCUT2D eigenvalue weighted by Gasteiger charge is 2.17. The van der Waals surface area contributed by atoms with Crippen LogP contribution in [0.15, 0.2) is 39.3 Å². The number of benzene rings is 2. The molecular formula is C17H16Br2O5. The molecule has 0 amide bonds. The van der Waals surface area contributed by atoms with Crippen LogP contribution < -0.4 is 18.9 Å². The third kappa shape index (κ3) is 4.21. The van der Waals surface area contributed by atoms with Crippen LogP contribution in [0.3, 0.4) is 0 Å². The van der Waals surface area contributed by atoms with Crippen molar-refractivity contribution in [1.82, 2.24) is 0 Å². The lowest BCUT2D eigenvalue weighted by atomic mass is 10.1. The number of Topliss-reactive ketones (excluding diaryl/α,β-unsaturated/α-hetero) is 1. The van der Waals surface area contributed by atoms with Crippen molar-refractivity contribution in [3.8, 4) is 23.0 Å². The van der Waals surface area contributed by atoms with E-state index in [0.29, 0.717) is 28.6 Å². The third-order valence-electron chi connectivity index (χ3n) is 3.24. The summed E-state index contributed by atoms with van der Waals surface area (Å²) in [6.45, 7) is -0.112. The Hall–Kier alpha value is -1.73. The summed E-state index contributed by atoms with van der Waals surface area (Å²) in [7, 11) is 4.51. The number of halogens is 2. The Labute approximate surface area is 157 Å². The summed E-state index contributed by atoms with van der Waals surface area (Å²) < 4.78 is 23.0. The zero-order chi connectivity index (χ0) is 17.7. The fourth-order valence-corrected chi connectivity index (χ4v) is 3.22. The number of hydrogen-bond acceptors (Lipinski definition) is 5. The van der Waals surface area contributed by atoms with Crippen molar-refractivity contribution >= 4 is 37.6 Å². The number of ketones is 1. The van der Waals surface area contributed by atoms with Crippen molar-refractivity contribution in [2.24, 2.45) is 0 Å². The Balaban J connectivity index is 2.20. The number of carbonyl (C=O) groups excluding carboxylic acids is 1. The zero-order valence-corrected chi connectivity index (χ0v) is 16.6. The van der Waals surface area contributed by atoms with E-state index in [-0.39, 0.29) is 12.4 Å². The second-order valence-corrected chi connectivity index (χ2v) is 6.47. The van der Waals surface area contributed by atoms with E-state index >= 15 is 0 Å². The average molecular weight is 460 g/mol. The van der Waals surface area contributed by atoms with Gasteiger partial charge in [0, 0.05) is 10.0 Å². The predicted octanol–water partition coefficient (Wildman–Crippen LogP) is 4.50. The SMILES string of the molecule is COc1cc(C(=O)COc2ccc(Br)cc2Br)cc(OC)c1OC. The predicted molar refractivity (Wildman–Crippen MR) is 97.8 cm³/mol. The Bertz CT molecular complexity index is 721. The van der Waals surface area contributed by atoms with Crippen molar-refractivity contribution in [1.29, 1.82) is 0 Å². The normalized spacial score (nSPS) is 10.2. The molecule has 0 N–H and O–H groups in total. The maximum atomic E-state index is 12.4. The van der Waals surface area contributed by atoms with Gasteiger partial charge in [0.05, 0.1) is 25.8 Å². The summed E-state index contributed by atoms with van der Waals surface area (Å²) >= 11 is 6.76. The second kappa shape index (κ2) is 8.39. The summed E-state index contributed by atoms with van der Waals surface area (Å²) in [5.74, 6) is 1.66. The van der Waals surface area contributed by atoms with Gasteiger partial charge in [0.15, 0.2) is 23.9 Å². The highest BCUT2D eigenvalue weighted by atomic mass is 79.9. The first-order valence-electron chi connectivity index (χ1n) is 6.91. The Kier molecular flexibility index (Phi) is 6.51. The zero-order valence-electron chi connectivity index (χ0n) is 13.4. The van der Waals surface area contributed by atoms with Gasteiger partial charge in [-0.25, -0.2) is 0 Å². The van der Waals surface area contributed by atoms with Gasteiger partial charge >= 0.3 is 0 Å². The van der Waals surface area contributed by atoms with Gasteiger partial charge in [-0.05, 0) is 46.3 Å². The van der Waals surface area contributed by atoms with E-state index in [1.54, 1.807) is 18.2 Å². The molecule has 24 heavy (non-hydrogen) atoms. The molecule has 0 spiro atoms. The molecule has 0 aliphatic rings. The maximum absolute atomic E-state index is 12.4. The largest absolute Gasteiger partial charge is 0.493 e. The van der Waals surface area contributed by atoms with Crippen molar-refractivity contribution in [3.63, 3.8) is 0 Å². The molecule has 0 saturated carbocycles. The molecule has 0 bridgehead atoms. The minimum atomic E-state index is -0.205. The first kappa shape index (κ1) is 18.6. The van der Waals surface area contributed by atoms with Crippen LogP contribution >= 0.6 is 31.9 Å². The highest BCUT2D eigenvalue weighted by molar-refractivity contribution is 9.11. The monoisotopic (exact) mass is 458 g/mol. The Morgan fingerprint density at radius 2 is 1.54 bits per heavy atom. The first-order chi connectivity index (χ1) is 11.5. The van der Waals surface area contributed by atoms with Crippen LogP contribution in [0.2, 0.25) is 0 Å². The molecule has 7 heteroatoms. The summed E-state index contributed by atoms with van der Waals surface area (Å²) in [5, 5.41) is 0. The number of rotatable bonds is 7. The van der Waals surface area contributed by atoms with Crippen LogP contribution in [0.1, 0.15) is 10.4 Å². The topological polar surface area (TPSA) is 54.0 Å². The summed E-state index contributed by atoms with van der Waals surface area (Å²) in [6.07, 6.45) is 0. The molecule has 5 nitrogen and oxygen atoms in total. The number of ether oxygens (including phenoxy) is 4. The van der Waals surface area contributed by atoms with Crippen LogP contribution in [0, 0.1) is 0 Å². The third-order valence-corrected chi connectivity index (χ3v) is 4.35. The lowest BCUT2D eigenvalue weighted by Crippen LogP contribution is -2.12. The summed E-state index contributed by atoms with van der Waals surface area (Å²) in [4.78, 5) is 12.4. The molecule has 0 aliphatic heterocycles. The van der Waals surface area contributed by atoms with Crippen LogP contribution in [-0.2, 0) is 0 Å². The van der Waals surface area contributed by atoms with Crippen LogP contribution in [-0.4, -0.2) is 33.7 Å².